The molecule has 1 amide bonds. The molecule has 0 unspecified atom stereocenters. The molecule has 1 saturated heterocycles. The summed E-state index contributed by atoms with van der Waals surface area (Å²) in [4.78, 5) is 16.9. The van der Waals surface area contributed by atoms with Crippen molar-refractivity contribution in [2.45, 2.75) is 6.92 Å². The van der Waals surface area contributed by atoms with E-state index in [1.807, 2.05) is 24.3 Å². The van der Waals surface area contributed by atoms with E-state index >= 15 is 0 Å². The number of amides is 1. The summed E-state index contributed by atoms with van der Waals surface area (Å²) in [7, 11) is -2.03. The second kappa shape index (κ2) is 9.15. The van der Waals surface area contributed by atoms with Crippen LogP contribution >= 0.6 is 0 Å². The zero-order valence-corrected chi connectivity index (χ0v) is 19.0. The second-order valence-corrected chi connectivity index (χ2v) is 9.67. The van der Waals surface area contributed by atoms with Crippen molar-refractivity contribution in [1.82, 2.24) is 4.90 Å². The number of hydrogen-bond donors (Lipinski definition) is 0. The predicted molar refractivity (Wildman–Crippen MR) is 121 cm³/mol. The van der Waals surface area contributed by atoms with E-state index < -0.39 is 10.0 Å². The van der Waals surface area contributed by atoms with Crippen molar-refractivity contribution in [1.29, 1.82) is 0 Å². The second-order valence-electron chi connectivity index (χ2n) is 7.48. The summed E-state index contributed by atoms with van der Waals surface area (Å²) in [5.41, 5.74) is 1.37. The van der Waals surface area contributed by atoms with Gasteiger partial charge in [0.15, 0.2) is 11.5 Å². The van der Waals surface area contributed by atoms with E-state index in [4.69, 9.17) is 14.2 Å². The number of ether oxygens (including phenoxy) is 3. The molecule has 2 aromatic carbocycles. The van der Waals surface area contributed by atoms with Crippen molar-refractivity contribution in [3.05, 3.63) is 42.5 Å². The maximum Gasteiger partial charge on any atom is 0.243 e. The molecule has 172 valence electrons. The summed E-state index contributed by atoms with van der Waals surface area (Å²) in [5.74, 6) is 1.46. The number of hydrogen-bond acceptors (Lipinski definition) is 7. The first-order valence-corrected chi connectivity index (χ1v) is 12.1. The van der Waals surface area contributed by atoms with Gasteiger partial charge in [-0.15, -0.1) is 0 Å². The van der Waals surface area contributed by atoms with Gasteiger partial charge in [0.1, 0.15) is 12.3 Å². The number of nitrogens with zero attached hydrogens (tertiary/aromatic N) is 3. The summed E-state index contributed by atoms with van der Waals surface area (Å²) in [5, 5.41) is 0. The highest BCUT2D eigenvalue weighted by molar-refractivity contribution is 7.92. The fourth-order valence-electron chi connectivity index (χ4n) is 3.86. The standard InChI is InChI=1S/C22H27N3O6S/c1-3-32(27,28)25(17-8-9-20-21(14-17)31-16-30-20)15-22(26)24-12-10-23(11-13-24)18-6-4-5-7-19(18)29-2/h4-9,14H,3,10-13,15-16H2,1-2H3. The highest BCUT2D eigenvalue weighted by Gasteiger charge is 2.29. The molecule has 2 aliphatic rings. The molecule has 0 aliphatic carbocycles. The number of carbonyl (C=O) groups is 1. The van der Waals surface area contributed by atoms with E-state index in [9.17, 15) is 13.2 Å². The minimum atomic E-state index is -3.66. The normalized spacial score (nSPS) is 15.6. The molecule has 2 heterocycles. The number of rotatable bonds is 7. The Morgan fingerprint density at radius 3 is 2.50 bits per heavy atom. The van der Waals surface area contributed by atoms with Crippen molar-refractivity contribution in [3.63, 3.8) is 0 Å². The van der Waals surface area contributed by atoms with Gasteiger partial charge in [0, 0.05) is 32.2 Å². The molecule has 4 rings (SSSR count). The van der Waals surface area contributed by atoms with Gasteiger partial charge in [-0.3, -0.25) is 9.10 Å². The molecule has 0 spiro atoms. The number of fused-ring (bicyclic) bond motifs is 1. The van der Waals surface area contributed by atoms with Crippen LogP contribution in [0.2, 0.25) is 0 Å². The van der Waals surface area contributed by atoms with Crippen LogP contribution in [-0.2, 0) is 14.8 Å². The van der Waals surface area contributed by atoms with E-state index in [-0.39, 0.29) is 25.0 Å². The Bertz CT molecular complexity index is 1080. The van der Waals surface area contributed by atoms with E-state index in [0.717, 1.165) is 15.7 Å². The fourth-order valence-corrected chi connectivity index (χ4v) is 4.91. The van der Waals surface area contributed by atoms with Crippen LogP contribution in [0.3, 0.4) is 0 Å². The number of benzene rings is 2. The lowest BCUT2D eigenvalue weighted by atomic mass is 10.2. The maximum absolute atomic E-state index is 13.1. The van der Waals surface area contributed by atoms with Gasteiger partial charge in [-0.25, -0.2) is 8.42 Å². The van der Waals surface area contributed by atoms with Gasteiger partial charge in [-0.2, -0.15) is 0 Å². The number of para-hydroxylation sites is 2. The summed E-state index contributed by atoms with van der Waals surface area (Å²) in [6.07, 6.45) is 0. The molecular weight excluding hydrogens is 434 g/mol. The first-order chi connectivity index (χ1) is 15.4. The third-order valence-corrected chi connectivity index (χ3v) is 7.42. The van der Waals surface area contributed by atoms with Crippen LogP contribution in [0, 0.1) is 0 Å². The van der Waals surface area contributed by atoms with Crippen LogP contribution in [0.5, 0.6) is 17.2 Å². The topological polar surface area (TPSA) is 88.6 Å². The largest absolute Gasteiger partial charge is 0.495 e. The minimum absolute atomic E-state index is 0.0920. The monoisotopic (exact) mass is 461 g/mol. The highest BCUT2D eigenvalue weighted by atomic mass is 32.2. The minimum Gasteiger partial charge on any atom is -0.495 e. The third kappa shape index (κ3) is 4.40. The molecule has 32 heavy (non-hydrogen) atoms. The van der Waals surface area contributed by atoms with Crippen molar-refractivity contribution < 1.29 is 27.4 Å². The molecule has 9 nitrogen and oxygen atoms in total. The molecule has 2 aliphatic heterocycles. The summed E-state index contributed by atoms with van der Waals surface area (Å²) in [6.45, 7) is 3.66. The van der Waals surface area contributed by atoms with Gasteiger partial charge in [-0.1, -0.05) is 12.1 Å². The van der Waals surface area contributed by atoms with Crippen LogP contribution in [-0.4, -0.2) is 71.6 Å². The van der Waals surface area contributed by atoms with E-state index in [1.165, 1.54) is 0 Å². The fraction of sp³-hybridized carbons (Fsp3) is 0.409. The van der Waals surface area contributed by atoms with Crippen molar-refractivity contribution in [3.8, 4) is 17.2 Å². The molecule has 1 fully saturated rings. The lowest BCUT2D eigenvalue weighted by molar-refractivity contribution is -0.129. The number of sulfonamides is 1. The summed E-state index contributed by atoms with van der Waals surface area (Å²) >= 11 is 0. The van der Waals surface area contributed by atoms with E-state index in [0.29, 0.717) is 43.4 Å². The van der Waals surface area contributed by atoms with E-state index in [2.05, 4.69) is 4.90 Å². The summed E-state index contributed by atoms with van der Waals surface area (Å²) < 4.78 is 42.9. The average molecular weight is 462 g/mol. The zero-order valence-electron chi connectivity index (χ0n) is 18.2. The third-order valence-electron chi connectivity index (χ3n) is 5.68. The van der Waals surface area contributed by atoms with Crippen molar-refractivity contribution in [2.24, 2.45) is 0 Å². The van der Waals surface area contributed by atoms with Crippen molar-refractivity contribution >= 4 is 27.3 Å². The average Bonchev–Trinajstić information content (AvgIpc) is 3.30. The van der Waals surface area contributed by atoms with Gasteiger partial charge in [0.05, 0.1) is 24.2 Å². The smallest absolute Gasteiger partial charge is 0.243 e. The molecule has 0 bridgehead atoms. The number of piperazine rings is 1. The van der Waals surface area contributed by atoms with E-state index in [1.54, 1.807) is 37.1 Å². The first kappa shape index (κ1) is 22.1. The first-order valence-electron chi connectivity index (χ1n) is 10.5. The Morgan fingerprint density at radius 2 is 1.78 bits per heavy atom. The van der Waals surface area contributed by atoms with Gasteiger partial charge in [0.2, 0.25) is 22.7 Å². The lowest BCUT2D eigenvalue weighted by Crippen LogP contribution is -2.52. The van der Waals surface area contributed by atoms with Crippen LogP contribution in [0.25, 0.3) is 0 Å². The summed E-state index contributed by atoms with van der Waals surface area (Å²) in [6, 6.07) is 12.7. The number of methoxy groups -OCH3 is 1. The van der Waals surface area contributed by atoms with Crippen LogP contribution in [0.4, 0.5) is 11.4 Å². The molecule has 10 heteroatoms. The Hall–Kier alpha value is -3.14. The Balaban J connectivity index is 1.46. The quantitative estimate of drug-likeness (QED) is 0.623. The Labute approximate surface area is 188 Å². The molecule has 0 atom stereocenters. The van der Waals surface area contributed by atoms with Gasteiger partial charge in [-0.05, 0) is 31.2 Å². The maximum atomic E-state index is 13.1. The number of anilines is 2. The van der Waals surface area contributed by atoms with Crippen LogP contribution in [0.15, 0.2) is 42.5 Å². The highest BCUT2D eigenvalue weighted by Crippen LogP contribution is 2.36. The molecule has 0 saturated carbocycles. The van der Waals surface area contributed by atoms with Crippen LogP contribution < -0.4 is 23.4 Å². The Morgan fingerprint density at radius 1 is 1.06 bits per heavy atom. The Kier molecular flexibility index (Phi) is 6.31. The van der Waals surface area contributed by atoms with Gasteiger partial charge < -0.3 is 24.0 Å². The van der Waals surface area contributed by atoms with Crippen molar-refractivity contribution in [2.75, 3.05) is 61.6 Å². The molecule has 0 radical (unpaired) electrons. The molecular formula is C22H27N3O6S. The lowest BCUT2D eigenvalue weighted by Gasteiger charge is -2.37. The SMILES string of the molecule is CCS(=O)(=O)N(CC(=O)N1CCN(c2ccccc2OC)CC1)c1ccc2c(c1)OCO2. The molecule has 0 aromatic heterocycles. The van der Waals surface area contributed by atoms with Gasteiger partial charge >= 0.3 is 0 Å². The molecule has 2 aromatic rings. The number of carbonyl (C=O) groups excluding carboxylic acids is 1. The zero-order chi connectivity index (χ0) is 22.7. The molecule has 0 N–H and O–H groups in total. The predicted octanol–water partition coefficient (Wildman–Crippen LogP) is 1.93. The van der Waals surface area contributed by atoms with Crippen LogP contribution in [0.1, 0.15) is 6.92 Å². The van der Waals surface area contributed by atoms with Gasteiger partial charge in [0.25, 0.3) is 0 Å².